The Morgan fingerprint density at radius 1 is 1.38 bits per heavy atom. The molecule has 0 bridgehead atoms. The van der Waals surface area contributed by atoms with E-state index in [9.17, 15) is 10.1 Å². The summed E-state index contributed by atoms with van der Waals surface area (Å²) in [6.45, 7) is 4.80. The Balaban J connectivity index is 2.18. The van der Waals surface area contributed by atoms with E-state index >= 15 is 0 Å². The summed E-state index contributed by atoms with van der Waals surface area (Å²) in [7, 11) is 0. The van der Waals surface area contributed by atoms with Gasteiger partial charge in [-0.25, -0.2) is 0 Å². The van der Waals surface area contributed by atoms with E-state index in [4.69, 9.17) is 4.74 Å². The van der Waals surface area contributed by atoms with E-state index in [1.807, 2.05) is 48.2 Å². The van der Waals surface area contributed by atoms with Gasteiger partial charge in [-0.1, -0.05) is 18.2 Å². The Labute approximate surface area is 125 Å². The van der Waals surface area contributed by atoms with E-state index in [-0.39, 0.29) is 11.5 Å². The van der Waals surface area contributed by atoms with Gasteiger partial charge in [0.2, 0.25) is 0 Å². The van der Waals surface area contributed by atoms with E-state index in [2.05, 4.69) is 0 Å². The van der Waals surface area contributed by atoms with Crippen molar-refractivity contribution in [2.24, 2.45) is 0 Å². The van der Waals surface area contributed by atoms with Gasteiger partial charge in [0.05, 0.1) is 13.2 Å². The van der Waals surface area contributed by atoms with Crippen LogP contribution in [0.25, 0.3) is 0 Å². The second-order valence-corrected chi connectivity index (χ2v) is 4.68. The van der Waals surface area contributed by atoms with Gasteiger partial charge in [-0.2, -0.15) is 5.26 Å². The lowest BCUT2D eigenvalue weighted by molar-refractivity contribution is -0.130. The average Bonchev–Trinajstić information content (AvgIpc) is 2.57. The number of ether oxygens (including phenoxy) is 1. The van der Waals surface area contributed by atoms with Crippen molar-refractivity contribution in [1.29, 1.82) is 5.26 Å². The summed E-state index contributed by atoms with van der Waals surface area (Å²) >= 11 is 0. The number of nitriles is 1. The van der Waals surface area contributed by atoms with Crippen molar-refractivity contribution in [3.05, 3.63) is 42.1 Å². The Bertz CT molecular complexity index is 542. The normalized spacial score (nSPS) is 15.4. The molecule has 1 aliphatic rings. The van der Waals surface area contributed by atoms with Gasteiger partial charge in [0.1, 0.15) is 11.6 Å². The first-order valence-corrected chi connectivity index (χ1v) is 7.07. The third-order valence-electron chi connectivity index (χ3n) is 3.36. The van der Waals surface area contributed by atoms with Crippen LogP contribution in [0.3, 0.4) is 0 Å². The van der Waals surface area contributed by atoms with Gasteiger partial charge in [-0.15, -0.1) is 0 Å². The summed E-state index contributed by atoms with van der Waals surface area (Å²) in [4.78, 5) is 15.9. The summed E-state index contributed by atoms with van der Waals surface area (Å²) in [6.07, 6.45) is 1.63. The monoisotopic (exact) mass is 285 g/mol. The number of morpholine rings is 1. The number of para-hydroxylation sites is 1. The van der Waals surface area contributed by atoms with Gasteiger partial charge >= 0.3 is 0 Å². The summed E-state index contributed by atoms with van der Waals surface area (Å²) in [5, 5.41) is 9.29. The van der Waals surface area contributed by atoms with Crippen LogP contribution in [0.1, 0.15) is 6.92 Å². The zero-order valence-corrected chi connectivity index (χ0v) is 12.2. The highest BCUT2D eigenvalue weighted by Crippen LogP contribution is 2.15. The van der Waals surface area contributed by atoms with Gasteiger partial charge < -0.3 is 14.5 Å². The maximum atomic E-state index is 12.4. The third kappa shape index (κ3) is 3.83. The van der Waals surface area contributed by atoms with Crippen LogP contribution in [0.15, 0.2) is 42.1 Å². The van der Waals surface area contributed by atoms with Crippen LogP contribution in [-0.4, -0.2) is 43.7 Å². The molecule has 5 heteroatoms. The standard InChI is InChI=1S/C16H19N3O2/c1-2-18(15-6-4-3-5-7-15)13-14(12-17)16(20)19-8-10-21-11-9-19/h3-7,13H,2,8-11H2,1H3/b14-13-. The molecule has 1 saturated heterocycles. The molecule has 1 aliphatic heterocycles. The van der Waals surface area contributed by atoms with Crippen LogP contribution in [0.4, 0.5) is 5.69 Å². The van der Waals surface area contributed by atoms with Crippen molar-refractivity contribution < 1.29 is 9.53 Å². The average molecular weight is 285 g/mol. The Kier molecular flexibility index (Phi) is 5.35. The number of benzene rings is 1. The molecule has 0 spiro atoms. The van der Waals surface area contributed by atoms with E-state index in [0.29, 0.717) is 32.8 Å². The molecule has 0 saturated carbocycles. The van der Waals surface area contributed by atoms with Gasteiger partial charge in [0.15, 0.2) is 0 Å². The predicted octanol–water partition coefficient (Wildman–Crippen LogP) is 1.78. The highest BCUT2D eigenvalue weighted by Gasteiger charge is 2.21. The molecule has 5 nitrogen and oxygen atoms in total. The molecule has 1 amide bonds. The first kappa shape index (κ1) is 15.1. The molecule has 21 heavy (non-hydrogen) atoms. The zero-order valence-electron chi connectivity index (χ0n) is 12.2. The molecule has 0 N–H and O–H groups in total. The zero-order chi connectivity index (χ0) is 15.1. The van der Waals surface area contributed by atoms with Crippen molar-refractivity contribution in [2.45, 2.75) is 6.92 Å². The quantitative estimate of drug-likeness (QED) is 0.625. The lowest BCUT2D eigenvalue weighted by Gasteiger charge is -2.27. The van der Waals surface area contributed by atoms with Crippen LogP contribution in [0.5, 0.6) is 0 Å². The van der Waals surface area contributed by atoms with Crippen molar-refractivity contribution in [3.63, 3.8) is 0 Å². The van der Waals surface area contributed by atoms with Crippen molar-refractivity contribution in [3.8, 4) is 6.07 Å². The number of carbonyl (C=O) groups is 1. The molecule has 2 rings (SSSR count). The Morgan fingerprint density at radius 3 is 2.62 bits per heavy atom. The molecule has 0 aromatic heterocycles. The molecule has 0 atom stereocenters. The van der Waals surface area contributed by atoms with Crippen LogP contribution in [0.2, 0.25) is 0 Å². The minimum atomic E-state index is -0.227. The summed E-state index contributed by atoms with van der Waals surface area (Å²) < 4.78 is 5.23. The molecule has 1 aromatic carbocycles. The maximum absolute atomic E-state index is 12.4. The van der Waals surface area contributed by atoms with Crippen molar-refractivity contribution in [2.75, 3.05) is 37.7 Å². The van der Waals surface area contributed by atoms with Crippen LogP contribution < -0.4 is 4.90 Å². The second-order valence-electron chi connectivity index (χ2n) is 4.68. The number of amides is 1. The van der Waals surface area contributed by atoms with Crippen LogP contribution in [0, 0.1) is 11.3 Å². The van der Waals surface area contributed by atoms with Crippen molar-refractivity contribution in [1.82, 2.24) is 4.90 Å². The van der Waals surface area contributed by atoms with Gasteiger partial charge in [-0.3, -0.25) is 4.79 Å². The van der Waals surface area contributed by atoms with Crippen LogP contribution >= 0.6 is 0 Å². The van der Waals surface area contributed by atoms with Gasteiger partial charge in [0, 0.05) is 31.5 Å². The first-order valence-electron chi connectivity index (χ1n) is 7.07. The fourth-order valence-electron chi connectivity index (χ4n) is 2.19. The predicted molar refractivity (Wildman–Crippen MR) is 80.6 cm³/mol. The highest BCUT2D eigenvalue weighted by molar-refractivity contribution is 5.97. The van der Waals surface area contributed by atoms with E-state index < -0.39 is 0 Å². The first-order chi connectivity index (χ1) is 10.3. The third-order valence-corrected chi connectivity index (χ3v) is 3.36. The number of hydrogen-bond acceptors (Lipinski definition) is 4. The Morgan fingerprint density at radius 2 is 2.05 bits per heavy atom. The lowest BCUT2D eigenvalue weighted by atomic mass is 10.2. The van der Waals surface area contributed by atoms with E-state index in [0.717, 1.165) is 5.69 Å². The highest BCUT2D eigenvalue weighted by atomic mass is 16.5. The smallest absolute Gasteiger partial charge is 0.266 e. The molecule has 1 aromatic rings. The molecule has 1 fully saturated rings. The second kappa shape index (κ2) is 7.46. The van der Waals surface area contributed by atoms with E-state index in [1.165, 1.54) is 0 Å². The number of rotatable bonds is 4. The molecular weight excluding hydrogens is 266 g/mol. The van der Waals surface area contributed by atoms with Crippen molar-refractivity contribution >= 4 is 11.6 Å². The minimum absolute atomic E-state index is 0.155. The van der Waals surface area contributed by atoms with Gasteiger partial charge in [-0.05, 0) is 19.1 Å². The molecule has 0 aliphatic carbocycles. The number of hydrogen-bond donors (Lipinski definition) is 0. The SMILES string of the molecule is CCN(/C=C(/C#N)C(=O)N1CCOCC1)c1ccccc1. The number of nitrogens with zero attached hydrogens (tertiary/aromatic N) is 3. The number of carbonyl (C=O) groups excluding carboxylic acids is 1. The Hall–Kier alpha value is -2.32. The molecular formula is C16H19N3O2. The van der Waals surface area contributed by atoms with Crippen LogP contribution in [-0.2, 0) is 9.53 Å². The maximum Gasteiger partial charge on any atom is 0.266 e. The minimum Gasteiger partial charge on any atom is -0.378 e. The lowest BCUT2D eigenvalue weighted by Crippen LogP contribution is -2.41. The van der Waals surface area contributed by atoms with Gasteiger partial charge in [0.25, 0.3) is 5.91 Å². The summed E-state index contributed by atoms with van der Waals surface area (Å²) in [5.41, 5.74) is 1.12. The fourth-order valence-corrected chi connectivity index (χ4v) is 2.19. The summed E-state index contributed by atoms with van der Waals surface area (Å²) in [6, 6.07) is 11.7. The molecule has 0 unspecified atom stereocenters. The van der Waals surface area contributed by atoms with E-state index in [1.54, 1.807) is 11.1 Å². The molecule has 110 valence electrons. The summed E-state index contributed by atoms with van der Waals surface area (Å²) in [5.74, 6) is -0.227. The number of anilines is 1. The largest absolute Gasteiger partial charge is 0.378 e. The molecule has 1 heterocycles. The topological polar surface area (TPSA) is 56.6 Å². The fraction of sp³-hybridized carbons (Fsp3) is 0.375. The molecule has 0 radical (unpaired) electrons.